The van der Waals surface area contributed by atoms with Crippen LogP contribution in [0.3, 0.4) is 0 Å². The monoisotopic (exact) mass is 477 g/mol. The Morgan fingerprint density at radius 3 is 2.27 bits per heavy atom. The SMILES string of the molecule is C[C@@H](NC(=O)[C@H]1CCCN(S(=O)(=O)N(C)c2ccc(F)cc2)C1)C12CC3CC(CC(C3)C1)C2. The predicted molar refractivity (Wildman–Crippen MR) is 126 cm³/mol. The molecule has 0 radical (unpaired) electrons. The maximum Gasteiger partial charge on any atom is 0.303 e. The van der Waals surface area contributed by atoms with Gasteiger partial charge in [0.1, 0.15) is 5.82 Å². The van der Waals surface area contributed by atoms with Crippen LogP contribution >= 0.6 is 0 Å². The van der Waals surface area contributed by atoms with Crippen molar-refractivity contribution in [3.63, 3.8) is 0 Å². The molecule has 182 valence electrons. The topological polar surface area (TPSA) is 69.7 Å². The van der Waals surface area contributed by atoms with Crippen molar-refractivity contribution in [2.75, 3.05) is 24.4 Å². The quantitative estimate of drug-likeness (QED) is 0.675. The molecule has 33 heavy (non-hydrogen) atoms. The van der Waals surface area contributed by atoms with Crippen LogP contribution in [0.25, 0.3) is 0 Å². The Bertz CT molecular complexity index is 961. The number of amides is 1. The van der Waals surface area contributed by atoms with Crippen LogP contribution in [0, 0.1) is 34.9 Å². The molecule has 1 saturated heterocycles. The van der Waals surface area contributed by atoms with Crippen LogP contribution in [0.5, 0.6) is 0 Å². The molecule has 1 amide bonds. The lowest BCUT2D eigenvalue weighted by Crippen LogP contribution is -2.57. The predicted octanol–water partition coefficient (Wildman–Crippen LogP) is 3.94. The number of carbonyl (C=O) groups excluding carboxylic acids is 1. The zero-order valence-corrected chi connectivity index (χ0v) is 20.5. The minimum Gasteiger partial charge on any atom is -0.353 e. The van der Waals surface area contributed by atoms with Gasteiger partial charge >= 0.3 is 10.2 Å². The number of benzene rings is 1. The highest BCUT2D eigenvalue weighted by Crippen LogP contribution is 2.61. The van der Waals surface area contributed by atoms with E-state index in [9.17, 15) is 17.6 Å². The molecule has 5 fully saturated rings. The molecule has 4 aliphatic carbocycles. The lowest BCUT2D eigenvalue weighted by Gasteiger charge is -2.59. The summed E-state index contributed by atoms with van der Waals surface area (Å²) in [5, 5.41) is 3.33. The van der Waals surface area contributed by atoms with Gasteiger partial charge in [-0.2, -0.15) is 12.7 Å². The molecule has 4 saturated carbocycles. The summed E-state index contributed by atoms with van der Waals surface area (Å²) in [6.45, 7) is 2.75. The number of hydrogen-bond acceptors (Lipinski definition) is 3. The molecule has 0 spiro atoms. The molecule has 1 heterocycles. The molecule has 1 aromatic carbocycles. The third kappa shape index (κ3) is 4.29. The molecule has 0 aromatic heterocycles. The van der Waals surface area contributed by atoms with Crippen LogP contribution in [-0.2, 0) is 15.0 Å². The van der Waals surface area contributed by atoms with Gasteiger partial charge in [0, 0.05) is 26.2 Å². The fraction of sp³-hybridized carbons (Fsp3) is 0.720. The Kier molecular flexibility index (Phi) is 5.96. The van der Waals surface area contributed by atoms with Crippen molar-refractivity contribution in [1.29, 1.82) is 0 Å². The molecular formula is C25H36FN3O3S. The highest BCUT2D eigenvalue weighted by Gasteiger charge is 2.53. The van der Waals surface area contributed by atoms with Crippen LogP contribution in [0.15, 0.2) is 24.3 Å². The molecule has 6 rings (SSSR count). The minimum absolute atomic E-state index is 0.0115. The van der Waals surface area contributed by atoms with Gasteiger partial charge in [-0.15, -0.1) is 0 Å². The van der Waals surface area contributed by atoms with E-state index >= 15 is 0 Å². The van der Waals surface area contributed by atoms with E-state index in [4.69, 9.17) is 0 Å². The van der Waals surface area contributed by atoms with Crippen molar-refractivity contribution in [2.45, 2.75) is 64.3 Å². The van der Waals surface area contributed by atoms with Crippen molar-refractivity contribution in [3.8, 4) is 0 Å². The summed E-state index contributed by atoms with van der Waals surface area (Å²) in [6.07, 6.45) is 9.16. The van der Waals surface area contributed by atoms with E-state index in [-0.39, 0.29) is 29.8 Å². The van der Waals surface area contributed by atoms with Crippen LogP contribution in [-0.4, -0.2) is 44.8 Å². The first-order valence-electron chi connectivity index (χ1n) is 12.5. The Morgan fingerprint density at radius 2 is 1.70 bits per heavy atom. The fourth-order valence-corrected chi connectivity index (χ4v) is 8.98. The Hall–Kier alpha value is -1.67. The molecule has 1 aromatic rings. The first-order valence-corrected chi connectivity index (χ1v) is 13.9. The number of halogens is 1. The Morgan fingerprint density at radius 1 is 1.12 bits per heavy atom. The summed E-state index contributed by atoms with van der Waals surface area (Å²) >= 11 is 0. The molecule has 1 aliphatic heterocycles. The van der Waals surface area contributed by atoms with Gasteiger partial charge in [0.15, 0.2) is 0 Å². The summed E-state index contributed by atoms with van der Waals surface area (Å²) in [5.41, 5.74) is 0.631. The van der Waals surface area contributed by atoms with Crippen LogP contribution < -0.4 is 9.62 Å². The lowest BCUT2D eigenvalue weighted by molar-refractivity contribution is -0.130. The van der Waals surface area contributed by atoms with Crippen LogP contribution in [0.4, 0.5) is 10.1 Å². The molecule has 0 unspecified atom stereocenters. The average molecular weight is 478 g/mol. The molecule has 6 nitrogen and oxygen atoms in total. The van der Waals surface area contributed by atoms with E-state index in [1.54, 1.807) is 0 Å². The van der Waals surface area contributed by atoms with Crippen molar-refractivity contribution < 1.29 is 17.6 Å². The number of carbonyl (C=O) groups is 1. The van der Waals surface area contributed by atoms with Gasteiger partial charge in [0.05, 0.1) is 11.6 Å². The third-order valence-corrected chi connectivity index (χ3v) is 10.9. The van der Waals surface area contributed by atoms with Gasteiger partial charge in [-0.25, -0.2) is 4.39 Å². The second kappa shape index (κ2) is 8.52. The fourth-order valence-electron chi connectivity index (χ4n) is 7.52. The second-order valence-electron chi connectivity index (χ2n) is 11.2. The zero-order valence-electron chi connectivity index (χ0n) is 19.7. The Labute approximate surface area is 197 Å². The van der Waals surface area contributed by atoms with Gasteiger partial charge in [0.2, 0.25) is 5.91 Å². The number of anilines is 1. The summed E-state index contributed by atoms with van der Waals surface area (Å²) in [5.74, 6) is 1.72. The normalized spacial score (nSPS) is 34.8. The van der Waals surface area contributed by atoms with E-state index < -0.39 is 16.0 Å². The first-order chi connectivity index (χ1) is 15.7. The molecule has 5 aliphatic rings. The number of nitrogens with zero attached hydrogens (tertiary/aromatic N) is 2. The van der Waals surface area contributed by atoms with E-state index in [2.05, 4.69) is 12.2 Å². The standard InChI is InChI=1S/C25H36FN3O3S/c1-17(25-13-18-10-19(14-25)12-20(11-18)15-25)27-24(30)21-4-3-9-29(16-21)33(31,32)28(2)23-7-5-22(26)6-8-23/h5-8,17-21H,3-4,9-16H2,1-2H3,(H,27,30)/t17-,18?,19?,20?,21+,25?/m1/s1. The highest BCUT2D eigenvalue weighted by atomic mass is 32.2. The van der Waals surface area contributed by atoms with Crippen molar-refractivity contribution >= 4 is 21.8 Å². The second-order valence-corrected chi connectivity index (χ2v) is 13.1. The number of rotatable bonds is 6. The summed E-state index contributed by atoms with van der Waals surface area (Å²) in [7, 11) is -2.32. The van der Waals surface area contributed by atoms with Crippen molar-refractivity contribution in [2.24, 2.45) is 29.1 Å². The first kappa shape index (κ1) is 23.1. The third-order valence-electron chi connectivity index (χ3n) is 8.98. The van der Waals surface area contributed by atoms with Crippen LogP contribution in [0.2, 0.25) is 0 Å². The summed E-state index contributed by atoms with van der Waals surface area (Å²) < 4.78 is 42.3. The van der Waals surface area contributed by atoms with Gasteiger partial charge in [-0.3, -0.25) is 9.10 Å². The Balaban J connectivity index is 1.24. The molecule has 4 bridgehead atoms. The zero-order chi connectivity index (χ0) is 23.4. The molecular weight excluding hydrogens is 441 g/mol. The largest absolute Gasteiger partial charge is 0.353 e. The lowest BCUT2D eigenvalue weighted by atomic mass is 9.48. The minimum atomic E-state index is -3.80. The molecule has 8 heteroatoms. The van der Waals surface area contributed by atoms with E-state index in [0.717, 1.165) is 17.8 Å². The van der Waals surface area contributed by atoms with Gasteiger partial charge in [-0.05, 0) is 106 Å². The molecule has 1 N–H and O–H groups in total. The smallest absolute Gasteiger partial charge is 0.303 e. The summed E-state index contributed by atoms with van der Waals surface area (Å²) in [4.78, 5) is 13.3. The van der Waals surface area contributed by atoms with E-state index in [0.29, 0.717) is 25.1 Å². The van der Waals surface area contributed by atoms with Crippen molar-refractivity contribution in [1.82, 2.24) is 9.62 Å². The average Bonchev–Trinajstić information content (AvgIpc) is 2.78. The maximum absolute atomic E-state index is 13.3. The van der Waals surface area contributed by atoms with Gasteiger partial charge in [0.25, 0.3) is 0 Å². The van der Waals surface area contributed by atoms with E-state index in [1.807, 2.05) is 0 Å². The van der Waals surface area contributed by atoms with E-state index in [1.165, 1.54) is 78.4 Å². The van der Waals surface area contributed by atoms with Crippen LogP contribution in [0.1, 0.15) is 58.3 Å². The number of hydrogen-bond donors (Lipinski definition) is 1. The highest BCUT2D eigenvalue weighted by molar-refractivity contribution is 7.90. The molecule has 2 atom stereocenters. The van der Waals surface area contributed by atoms with Gasteiger partial charge in [-0.1, -0.05) is 0 Å². The number of nitrogens with one attached hydrogen (secondary N) is 1. The van der Waals surface area contributed by atoms with Crippen molar-refractivity contribution in [3.05, 3.63) is 30.1 Å². The summed E-state index contributed by atoms with van der Waals surface area (Å²) in [6, 6.07) is 5.54. The van der Waals surface area contributed by atoms with Gasteiger partial charge < -0.3 is 5.32 Å². The number of piperidine rings is 1. The maximum atomic E-state index is 13.3.